The van der Waals surface area contributed by atoms with E-state index in [0.717, 1.165) is 25.7 Å². The molecule has 6 nitrogen and oxygen atoms in total. The molecule has 1 atom stereocenters. The molecule has 0 aromatic carbocycles. The van der Waals surface area contributed by atoms with Gasteiger partial charge in [0.05, 0.1) is 12.6 Å². The van der Waals surface area contributed by atoms with Crippen molar-refractivity contribution in [2.24, 2.45) is 0 Å². The summed E-state index contributed by atoms with van der Waals surface area (Å²) in [6.45, 7) is 0.710. The van der Waals surface area contributed by atoms with Crippen molar-refractivity contribution in [1.82, 2.24) is 15.1 Å². The van der Waals surface area contributed by atoms with Crippen LogP contribution in [0.3, 0.4) is 0 Å². The number of hydrogen-bond donors (Lipinski definition) is 2. The first-order valence-electron chi connectivity index (χ1n) is 6.19. The third-order valence-electron chi connectivity index (χ3n) is 3.17. The van der Waals surface area contributed by atoms with Crippen LogP contribution in [0.4, 0.5) is 5.13 Å². The van der Waals surface area contributed by atoms with Gasteiger partial charge in [-0.2, -0.15) is 0 Å². The van der Waals surface area contributed by atoms with Crippen molar-refractivity contribution < 1.29 is 9.90 Å². The van der Waals surface area contributed by atoms with Crippen LogP contribution in [-0.2, 0) is 0 Å². The van der Waals surface area contributed by atoms with Crippen LogP contribution in [0.25, 0.3) is 0 Å². The van der Waals surface area contributed by atoms with E-state index < -0.39 is 0 Å². The van der Waals surface area contributed by atoms with Crippen LogP contribution in [0.15, 0.2) is 0 Å². The Kier molecular flexibility index (Phi) is 4.48. The van der Waals surface area contributed by atoms with Crippen molar-refractivity contribution in [2.75, 3.05) is 25.5 Å². The second kappa shape index (κ2) is 6.10. The number of likely N-dealkylation sites (tertiary alicyclic amines) is 1. The first-order valence-corrected chi connectivity index (χ1v) is 7.01. The lowest BCUT2D eigenvalue weighted by atomic mass is 10.1. The Morgan fingerprint density at radius 2 is 2.33 bits per heavy atom. The molecule has 2 heterocycles. The summed E-state index contributed by atoms with van der Waals surface area (Å²) in [6, 6.07) is -0.0815. The molecule has 1 aliphatic heterocycles. The summed E-state index contributed by atoms with van der Waals surface area (Å²) in [7, 11) is 1.75. The summed E-state index contributed by atoms with van der Waals surface area (Å²) in [5, 5.41) is 21.1. The fourth-order valence-electron chi connectivity index (χ4n) is 2.17. The molecule has 100 valence electrons. The Balaban J connectivity index is 2.14. The van der Waals surface area contributed by atoms with Gasteiger partial charge in [0.2, 0.25) is 10.1 Å². The monoisotopic (exact) mass is 270 g/mol. The number of aromatic nitrogens is 2. The van der Waals surface area contributed by atoms with Gasteiger partial charge in [-0.05, 0) is 12.8 Å². The zero-order chi connectivity index (χ0) is 13.0. The zero-order valence-electron chi connectivity index (χ0n) is 10.4. The molecule has 18 heavy (non-hydrogen) atoms. The molecule has 7 heteroatoms. The minimum atomic E-state index is -0.116. The summed E-state index contributed by atoms with van der Waals surface area (Å²) >= 11 is 1.25. The van der Waals surface area contributed by atoms with Gasteiger partial charge in [0.25, 0.3) is 5.91 Å². The van der Waals surface area contributed by atoms with Gasteiger partial charge < -0.3 is 15.3 Å². The largest absolute Gasteiger partial charge is 0.394 e. The fraction of sp³-hybridized carbons (Fsp3) is 0.727. The second-order valence-electron chi connectivity index (χ2n) is 4.35. The first kappa shape index (κ1) is 13.2. The standard InChI is InChI=1S/C11H18N4O2S/c1-12-11-14-13-9(18-11)10(17)15-6-4-2-3-5-8(15)7-16/h8,16H,2-7H2,1H3,(H,12,14). The van der Waals surface area contributed by atoms with Crippen molar-refractivity contribution in [2.45, 2.75) is 31.7 Å². The predicted molar refractivity (Wildman–Crippen MR) is 69.8 cm³/mol. The molecule has 2 N–H and O–H groups in total. The van der Waals surface area contributed by atoms with E-state index >= 15 is 0 Å². The van der Waals surface area contributed by atoms with Gasteiger partial charge in [-0.15, -0.1) is 10.2 Å². The Bertz CT molecular complexity index is 410. The van der Waals surface area contributed by atoms with Crippen LogP contribution in [0.1, 0.15) is 35.5 Å². The summed E-state index contributed by atoms with van der Waals surface area (Å²) < 4.78 is 0. The van der Waals surface area contributed by atoms with Crippen LogP contribution in [0, 0.1) is 0 Å². The molecule has 1 aliphatic rings. The van der Waals surface area contributed by atoms with E-state index in [1.807, 2.05) is 0 Å². The van der Waals surface area contributed by atoms with Crippen molar-refractivity contribution >= 4 is 22.4 Å². The number of nitrogens with one attached hydrogen (secondary N) is 1. The number of aliphatic hydroxyl groups is 1. The van der Waals surface area contributed by atoms with Crippen molar-refractivity contribution in [3.8, 4) is 0 Å². The highest BCUT2D eigenvalue weighted by Gasteiger charge is 2.27. The quantitative estimate of drug-likeness (QED) is 0.855. The molecule has 0 saturated carbocycles. The highest BCUT2D eigenvalue weighted by molar-refractivity contribution is 7.17. The first-order chi connectivity index (χ1) is 8.76. The van der Waals surface area contributed by atoms with Crippen molar-refractivity contribution in [1.29, 1.82) is 0 Å². The average molecular weight is 270 g/mol. The normalized spacial score (nSPS) is 20.6. The summed E-state index contributed by atoms with van der Waals surface area (Å²) in [6.07, 6.45) is 4.02. The van der Waals surface area contributed by atoms with Crippen LogP contribution in [0.2, 0.25) is 0 Å². The molecular formula is C11H18N4O2S. The number of rotatable bonds is 3. The highest BCUT2D eigenvalue weighted by Crippen LogP contribution is 2.22. The van der Waals surface area contributed by atoms with E-state index in [1.54, 1.807) is 11.9 Å². The van der Waals surface area contributed by atoms with E-state index in [1.165, 1.54) is 11.3 Å². The number of carbonyl (C=O) groups excluding carboxylic acids is 1. The fourth-order valence-corrected chi connectivity index (χ4v) is 2.82. The second-order valence-corrected chi connectivity index (χ2v) is 5.32. The van der Waals surface area contributed by atoms with E-state index in [4.69, 9.17) is 0 Å². The molecule has 0 spiro atoms. The minimum Gasteiger partial charge on any atom is -0.394 e. The SMILES string of the molecule is CNc1nnc(C(=O)N2CCCCCC2CO)s1. The Labute approximate surface area is 110 Å². The number of hydrogen-bond acceptors (Lipinski definition) is 6. The lowest BCUT2D eigenvalue weighted by molar-refractivity contribution is 0.0598. The summed E-state index contributed by atoms with van der Waals surface area (Å²) in [4.78, 5) is 14.1. The average Bonchev–Trinajstić information content (AvgIpc) is 2.75. The molecule has 0 aliphatic carbocycles. The lowest BCUT2D eigenvalue weighted by Crippen LogP contribution is -2.42. The number of aliphatic hydroxyl groups excluding tert-OH is 1. The van der Waals surface area contributed by atoms with Crippen LogP contribution < -0.4 is 5.32 Å². The van der Waals surface area contributed by atoms with E-state index in [-0.39, 0.29) is 18.6 Å². The van der Waals surface area contributed by atoms with Gasteiger partial charge in [-0.25, -0.2) is 0 Å². The van der Waals surface area contributed by atoms with Crippen molar-refractivity contribution in [3.05, 3.63) is 5.01 Å². The smallest absolute Gasteiger partial charge is 0.285 e. The number of nitrogens with zero attached hydrogens (tertiary/aromatic N) is 3. The van der Waals surface area contributed by atoms with Gasteiger partial charge in [0.15, 0.2) is 0 Å². The summed E-state index contributed by atoms with van der Waals surface area (Å²) in [5.74, 6) is -0.116. The maximum Gasteiger partial charge on any atom is 0.285 e. The molecule has 1 fully saturated rings. The number of carbonyl (C=O) groups is 1. The van der Waals surface area contributed by atoms with E-state index in [0.29, 0.717) is 16.7 Å². The zero-order valence-corrected chi connectivity index (χ0v) is 11.2. The van der Waals surface area contributed by atoms with Gasteiger partial charge >= 0.3 is 0 Å². The maximum atomic E-state index is 12.3. The Morgan fingerprint density at radius 3 is 3.00 bits per heavy atom. The van der Waals surface area contributed by atoms with Crippen LogP contribution in [0.5, 0.6) is 0 Å². The van der Waals surface area contributed by atoms with Gasteiger partial charge in [0, 0.05) is 13.6 Å². The maximum absolute atomic E-state index is 12.3. The molecule has 1 amide bonds. The minimum absolute atomic E-state index is 0.0173. The van der Waals surface area contributed by atoms with E-state index in [2.05, 4.69) is 15.5 Å². The number of anilines is 1. The molecule has 0 bridgehead atoms. The predicted octanol–water partition coefficient (Wildman–Crippen LogP) is 0.957. The molecular weight excluding hydrogens is 252 g/mol. The van der Waals surface area contributed by atoms with Crippen molar-refractivity contribution in [3.63, 3.8) is 0 Å². The van der Waals surface area contributed by atoms with Crippen LogP contribution in [-0.4, -0.2) is 52.4 Å². The molecule has 0 radical (unpaired) electrons. The lowest BCUT2D eigenvalue weighted by Gasteiger charge is -2.27. The molecule has 1 aromatic rings. The number of amides is 1. The third kappa shape index (κ3) is 2.78. The van der Waals surface area contributed by atoms with Crippen LogP contribution >= 0.6 is 11.3 Å². The van der Waals surface area contributed by atoms with Gasteiger partial charge in [-0.1, -0.05) is 24.2 Å². The molecule has 1 unspecified atom stereocenters. The highest BCUT2D eigenvalue weighted by atomic mass is 32.1. The topological polar surface area (TPSA) is 78.4 Å². The Hall–Kier alpha value is -1.21. The van der Waals surface area contributed by atoms with Gasteiger partial charge in [-0.3, -0.25) is 4.79 Å². The Morgan fingerprint density at radius 1 is 1.50 bits per heavy atom. The van der Waals surface area contributed by atoms with Gasteiger partial charge in [0.1, 0.15) is 0 Å². The third-order valence-corrected chi connectivity index (χ3v) is 4.10. The van der Waals surface area contributed by atoms with E-state index in [9.17, 15) is 9.90 Å². The molecule has 1 saturated heterocycles. The summed E-state index contributed by atoms with van der Waals surface area (Å²) in [5.41, 5.74) is 0. The molecule has 1 aromatic heterocycles. The molecule has 2 rings (SSSR count).